The number of nitrogens with zero attached hydrogens (tertiary/aromatic N) is 1. The molecule has 3 N–H and O–H groups in total. The topological polar surface area (TPSA) is 65.5 Å². The molecule has 5 nitrogen and oxygen atoms in total. The van der Waals surface area contributed by atoms with Crippen molar-refractivity contribution in [3.05, 3.63) is 0 Å². The van der Waals surface area contributed by atoms with Gasteiger partial charge < -0.3 is 16.0 Å². The van der Waals surface area contributed by atoms with Crippen LogP contribution in [0.15, 0.2) is 4.99 Å². The molecule has 1 amide bonds. The average molecular weight is 268 g/mol. The van der Waals surface area contributed by atoms with Crippen LogP contribution >= 0.6 is 0 Å². The Morgan fingerprint density at radius 1 is 1.16 bits per heavy atom. The molecule has 5 heteroatoms. The summed E-state index contributed by atoms with van der Waals surface area (Å²) in [6, 6.07) is 0.505. The van der Waals surface area contributed by atoms with Crippen molar-refractivity contribution >= 4 is 11.9 Å². The molecule has 0 radical (unpaired) electrons. The van der Waals surface area contributed by atoms with Crippen molar-refractivity contribution in [2.45, 2.75) is 58.4 Å². The van der Waals surface area contributed by atoms with E-state index in [4.69, 9.17) is 0 Å². The van der Waals surface area contributed by atoms with E-state index in [0.717, 1.165) is 25.5 Å². The largest absolute Gasteiger partial charge is 0.357 e. The molecule has 1 aliphatic rings. The van der Waals surface area contributed by atoms with Gasteiger partial charge in [0.15, 0.2) is 5.96 Å². The Hall–Kier alpha value is -1.26. The summed E-state index contributed by atoms with van der Waals surface area (Å²) in [5, 5.41) is 9.46. The van der Waals surface area contributed by atoms with Gasteiger partial charge in [-0.15, -0.1) is 0 Å². The number of amides is 1. The van der Waals surface area contributed by atoms with E-state index in [2.05, 4.69) is 20.9 Å². The number of guanidine groups is 1. The van der Waals surface area contributed by atoms with Crippen LogP contribution in [0.5, 0.6) is 0 Å². The number of carbonyl (C=O) groups excluding carboxylic acids is 1. The standard InChI is InChI=1S/C14H28N4O/c1-3-10-16-13(19)11-17-14(15-4-2)18-12-8-6-5-7-9-12/h12H,3-11H2,1-2H3,(H,16,19)(H2,15,17,18). The number of hydrogen-bond acceptors (Lipinski definition) is 2. The highest BCUT2D eigenvalue weighted by atomic mass is 16.1. The van der Waals surface area contributed by atoms with Gasteiger partial charge >= 0.3 is 0 Å². The molecule has 1 saturated carbocycles. The maximum absolute atomic E-state index is 11.5. The Morgan fingerprint density at radius 2 is 1.89 bits per heavy atom. The molecule has 1 fully saturated rings. The summed E-state index contributed by atoms with van der Waals surface area (Å²) in [5.41, 5.74) is 0. The smallest absolute Gasteiger partial charge is 0.241 e. The zero-order chi connectivity index (χ0) is 13.9. The molecule has 0 bridgehead atoms. The summed E-state index contributed by atoms with van der Waals surface area (Å²) in [6.07, 6.45) is 7.27. The lowest BCUT2D eigenvalue weighted by molar-refractivity contribution is -0.119. The van der Waals surface area contributed by atoms with Crippen molar-refractivity contribution in [2.24, 2.45) is 4.99 Å². The van der Waals surface area contributed by atoms with Crippen LogP contribution < -0.4 is 16.0 Å². The molecule has 1 rings (SSSR count). The lowest BCUT2D eigenvalue weighted by Gasteiger charge is -2.24. The molecule has 0 unspecified atom stereocenters. The summed E-state index contributed by atoms with van der Waals surface area (Å²) in [4.78, 5) is 15.9. The molecule has 0 aromatic rings. The molecule has 0 aliphatic heterocycles. The van der Waals surface area contributed by atoms with Gasteiger partial charge in [0, 0.05) is 19.1 Å². The minimum Gasteiger partial charge on any atom is -0.357 e. The van der Waals surface area contributed by atoms with E-state index < -0.39 is 0 Å². The van der Waals surface area contributed by atoms with E-state index in [1.807, 2.05) is 13.8 Å². The number of carbonyl (C=O) groups is 1. The van der Waals surface area contributed by atoms with Gasteiger partial charge in [-0.3, -0.25) is 4.79 Å². The summed E-state index contributed by atoms with van der Waals surface area (Å²) < 4.78 is 0. The Kier molecular flexibility index (Phi) is 8.02. The molecule has 1 aliphatic carbocycles. The summed E-state index contributed by atoms with van der Waals surface area (Å²) in [5.74, 6) is 0.753. The summed E-state index contributed by atoms with van der Waals surface area (Å²) in [6.45, 7) is 5.81. The normalized spacial score (nSPS) is 17.1. The SMILES string of the molecule is CCCNC(=O)CN=C(NCC)NC1CCCCC1. The van der Waals surface area contributed by atoms with Crippen LogP contribution in [0.2, 0.25) is 0 Å². The highest BCUT2D eigenvalue weighted by Gasteiger charge is 2.14. The first kappa shape index (κ1) is 15.8. The van der Waals surface area contributed by atoms with Gasteiger partial charge in [-0.05, 0) is 26.2 Å². The molecule has 19 heavy (non-hydrogen) atoms. The quantitative estimate of drug-likeness (QED) is 0.504. The van der Waals surface area contributed by atoms with E-state index in [-0.39, 0.29) is 12.5 Å². The zero-order valence-electron chi connectivity index (χ0n) is 12.3. The van der Waals surface area contributed by atoms with E-state index >= 15 is 0 Å². The van der Waals surface area contributed by atoms with Crippen LogP contribution in [0, 0.1) is 0 Å². The molecule has 0 aromatic carbocycles. The Morgan fingerprint density at radius 3 is 2.53 bits per heavy atom. The first-order valence-corrected chi connectivity index (χ1v) is 7.57. The van der Waals surface area contributed by atoms with E-state index in [0.29, 0.717) is 6.04 Å². The van der Waals surface area contributed by atoms with Gasteiger partial charge in [-0.25, -0.2) is 4.99 Å². The number of rotatable bonds is 6. The first-order valence-electron chi connectivity index (χ1n) is 7.57. The Bertz CT molecular complexity index is 285. The van der Waals surface area contributed by atoms with Crippen molar-refractivity contribution in [1.82, 2.24) is 16.0 Å². The highest BCUT2D eigenvalue weighted by Crippen LogP contribution is 2.17. The van der Waals surface area contributed by atoms with Gasteiger partial charge in [0.1, 0.15) is 6.54 Å². The number of hydrogen-bond donors (Lipinski definition) is 3. The Balaban J connectivity index is 2.38. The fourth-order valence-corrected chi connectivity index (χ4v) is 2.23. The van der Waals surface area contributed by atoms with Crippen LogP contribution in [-0.2, 0) is 4.79 Å². The van der Waals surface area contributed by atoms with Crippen LogP contribution in [0.4, 0.5) is 0 Å². The molecular formula is C14H28N4O. The van der Waals surface area contributed by atoms with Crippen molar-refractivity contribution < 1.29 is 4.79 Å². The minimum atomic E-state index is -0.0114. The molecular weight excluding hydrogens is 240 g/mol. The molecule has 0 saturated heterocycles. The predicted molar refractivity (Wildman–Crippen MR) is 79.3 cm³/mol. The second-order valence-corrected chi connectivity index (χ2v) is 5.02. The van der Waals surface area contributed by atoms with E-state index in [1.54, 1.807) is 0 Å². The van der Waals surface area contributed by atoms with Crippen LogP contribution in [0.25, 0.3) is 0 Å². The molecule has 0 aromatic heterocycles. The minimum absolute atomic E-state index is 0.0114. The lowest BCUT2D eigenvalue weighted by Crippen LogP contribution is -2.44. The fourth-order valence-electron chi connectivity index (χ4n) is 2.23. The van der Waals surface area contributed by atoms with Crippen LogP contribution in [0.3, 0.4) is 0 Å². The highest BCUT2D eigenvalue weighted by molar-refractivity contribution is 5.85. The van der Waals surface area contributed by atoms with Crippen molar-refractivity contribution in [2.75, 3.05) is 19.6 Å². The number of aliphatic imine (C=N–C) groups is 1. The third-order valence-corrected chi connectivity index (χ3v) is 3.24. The van der Waals surface area contributed by atoms with Crippen molar-refractivity contribution in [3.8, 4) is 0 Å². The number of nitrogens with one attached hydrogen (secondary N) is 3. The zero-order valence-corrected chi connectivity index (χ0v) is 12.3. The summed E-state index contributed by atoms with van der Waals surface area (Å²) >= 11 is 0. The molecule has 0 heterocycles. The second kappa shape index (κ2) is 9.64. The van der Waals surface area contributed by atoms with Crippen molar-refractivity contribution in [3.63, 3.8) is 0 Å². The van der Waals surface area contributed by atoms with Gasteiger partial charge in [-0.2, -0.15) is 0 Å². The van der Waals surface area contributed by atoms with Gasteiger partial charge in [0.2, 0.25) is 5.91 Å². The van der Waals surface area contributed by atoms with Crippen LogP contribution in [-0.4, -0.2) is 37.5 Å². The molecule has 110 valence electrons. The third kappa shape index (κ3) is 7.03. The Labute approximate surface area is 116 Å². The first-order chi connectivity index (χ1) is 9.26. The van der Waals surface area contributed by atoms with Gasteiger partial charge in [0.25, 0.3) is 0 Å². The van der Waals surface area contributed by atoms with Gasteiger partial charge in [0.05, 0.1) is 0 Å². The lowest BCUT2D eigenvalue weighted by atomic mass is 9.96. The monoisotopic (exact) mass is 268 g/mol. The molecule has 0 spiro atoms. The summed E-state index contributed by atoms with van der Waals surface area (Å²) in [7, 11) is 0. The predicted octanol–water partition coefficient (Wildman–Crippen LogP) is 1.40. The maximum atomic E-state index is 11.5. The van der Waals surface area contributed by atoms with E-state index in [9.17, 15) is 4.79 Å². The molecule has 0 atom stereocenters. The van der Waals surface area contributed by atoms with Crippen LogP contribution in [0.1, 0.15) is 52.4 Å². The second-order valence-electron chi connectivity index (χ2n) is 5.02. The average Bonchev–Trinajstić information content (AvgIpc) is 2.44. The van der Waals surface area contributed by atoms with Gasteiger partial charge in [-0.1, -0.05) is 26.2 Å². The fraction of sp³-hybridized carbons (Fsp3) is 0.857. The maximum Gasteiger partial charge on any atom is 0.241 e. The third-order valence-electron chi connectivity index (χ3n) is 3.24. The van der Waals surface area contributed by atoms with E-state index in [1.165, 1.54) is 32.1 Å². The van der Waals surface area contributed by atoms with Crippen molar-refractivity contribution in [1.29, 1.82) is 0 Å².